The molecule has 1 aliphatic carbocycles. The van der Waals surface area contributed by atoms with Crippen molar-refractivity contribution < 1.29 is 14.6 Å². The van der Waals surface area contributed by atoms with Crippen molar-refractivity contribution in [3.05, 3.63) is 22.8 Å². The third kappa shape index (κ3) is 1.83. The van der Waals surface area contributed by atoms with Crippen molar-refractivity contribution in [1.82, 2.24) is 0 Å². The fourth-order valence-corrected chi connectivity index (χ4v) is 3.22. The van der Waals surface area contributed by atoms with Crippen LogP contribution in [0.1, 0.15) is 37.0 Å². The second-order valence-corrected chi connectivity index (χ2v) is 6.21. The topological polar surface area (TPSA) is 38.7 Å². The van der Waals surface area contributed by atoms with Gasteiger partial charge in [0.1, 0.15) is 11.5 Å². The summed E-state index contributed by atoms with van der Waals surface area (Å²) in [5, 5.41) is 9.89. The number of aliphatic hydroxyl groups is 1. The lowest BCUT2D eigenvalue weighted by atomic mass is 9.85. The maximum absolute atomic E-state index is 9.89. The summed E-state index contributed by atoms with van der Waals surface area (Å²) >= 11 is 0. The second kappa shape index (κ2) is 4.41. The normalized spacial score (nSPS) is 24.2. The lowest BCUT2D eigenvalue weighted by Crippen LogP contribution is -2.21. The van der Waals surface area contributed by atoms with Crippen LogP contribution in [0.2, 0.25) is 0 Å². The molecule has 1 fully saturated rings. The van der Waals surface area contributed by atoms with Gasteiger partial charge in [-0.1, -0.05) is 13.8 Å². The number of hydrogen-bond donors (Lipinski definition) is 1. The highest BCUT2D eigenvalue weighted by Gasteiger charge is 2.63. The van der Waals surface area contributed by atoms with Crippen molar-refractivity contribution in [2.75, 3.05) is 20.8 Å². The second-order valence-electron chi connectivity index (χ2n) is 6.21. The molecule has 19 heavy (non-hydrogen) atoms. The number of methoxy groups -OCH3 is 2. The summed E-state index contributed by atoms with van der Waals surface area (Å²) in [4.78, 5) is 0. The first kappa shape index (κ1) is 14.2. The zero-order chi connectivity index (χ0) is 14.4. The molecule has 1 aromatic carbocycles. The van der Waals surface area contributed by atoms with E-state index >= 15 is 0 Å². The van der Waals surface area contributed by atoms with E-state index in [-0.39, 0.29) is 17.4 Å². The van der Waals surface area contributed by atoms with Crippen LogP contribution in [0.15, 0.2) is 6.07 Å². The summed E-state index contributed by atoms with van der Waals surface area (Å²) in [5.41, 5.74) is 3.15. The summed E-state index contributed by atoms with van der Waals surface area (Å²) in [6, 6.07) is 2.03. The highest BCUT2D eigenvalue weighted by atomic mass is 16.5. The molecular weight excluding hydrogens is 240 g/mol. The average molecular weight is 264 g/mol. The Morgan fingerprint density at radius 1 is 1.16 bits per heavy atom. The molecule has 0 bridgehead atoms. The average Bonchev–Trinajstić information content (AvgIpc) is 2.95. The molecule has 0 aromatic heterocycles. The summed E-state index contributed by atoms with van der Waals surface area (Å²) < 4.78 is 11.1. The van der Waals surface area contributed by atoms with Gasteiger partial charge in [0.15, 0.2) is 0 Å². The Balaban J connectivity index is 2.67. The molecule has 0 aliphatic heterocycles. The largest absolute Gasteiger partial charge is 0.496 e. The predicted molar refractivity (Wildman–Crippen MR) is 76.2 cm³/mol. The molecule has 0 heterocycles. The first-order valence-corrected chi connectivity index (χ1v) is 6.68. The van der Waals surface area contributed by atoms with E-state index in [0.29, 0.717) is 0 Å². The molecule has 0 amide bonds. The van der Waals surface area contributed by atoms with Crippen LogP contribution in [-0.2, 0) is 5.41 Å². The smallest absolute Gasteiger partial charge is 0.126 e. The molecule has 1 aromatic rings. The van der Waals surface area contributed by atoms with Crippen LogP contribution in [-0.4, -0.2) is 25.9 Å². The van der Waals surface area contributed by atoms with Crippen molar-refractivity contribution in [1.29, 1.82) is 0 Å². The monoisotopic (exact) mass is 264 g/mol. The molecule has 1 N–H and O–H groups in total. The highest BCUT2D eigenvalue weighted by molar-refractivity contribution is 5.58. The van der Waals surface area contributed by atoms with Gasteiger partial charge in [-0.25, -0.2) is 0 Å². The Morgan fingerprint density at radius 2 is 1.74 bits per heavy atom. The quantitative estimate of drug-likeness (QED) is 0.908. The third-order valence-electron chi connectivity index (χ3n) is 4.92. The SMILES string of the molecule is COc1cc(C2(CO)CC2(C)C)c(OC)c(C)c1C. The van der Waals surface area contributed by atoms with E-state index in [9.17, 15) is 5.11 Å². The van der Waals surface area contributed by atoms with Gasteiger partial charge < -0.3 is 14.6 Å². The molecule has 0 saturated heterocycles. The molecule has 1 aliphatic rings. The Hall–Kier alpha value is -1.22. The van der Waals surface area contributed by atoms with Crippen LogP contribution in [0.5, 0.6) is 11.5 Å². The molecule has 1 unspecified atom stereocenters. The maximum Gasteiger partial charge on any atom is 0.126 e. The Kier molecular flexibility index (Phi) is 3.29. The molecule has 106 valence electrons. The van der Waals surface area contributed by atoms with Gasteiger partial charge in [0.25, 0.3) is 0 Å². The van der Waals surface area contributed by atoms with Gasteiger partial charge in [-0.2, -0.15) is 0 Å². The summed E-state index contributed by atoms with van der Waals surface area (Å²) in [6.07, 6.45) is 0.971. The molecule has 0 spiro atoms. The van der Waals surface area contributed by atoms with Crippen LogP contribution >= 0.6 is 0 Å². The summed E-state index contributed by atoms with van der Waals surface area (Å²) in [6.45, 7) is 8.58. The highest BCUT2D eigenvalue weighted by Crippen LogP contribution is 2.66. The van der Waals surface area contributed by atoms with E-state index in [1.54, 1.807) is 14.2 Å². The minimum absolute atomic E-state index is 0.0989. The van der Waals surface area contributed by atoms with Crippen molar-refractivity contribution in [2.24, 2.45) is 5.41 Å². The zero-order valence-corrected chi connectivity index (χ0v) is 12.8. The number of benzene rings is 1. The Morgan fingerprint density at radius 3 is 2.11 bits per heavy atom. The van der Waals surface area contributed by atoms with Crippen molar-refractivity contribution >= 4 is 0 Å². The molecule has 2 rings (SSSR count). The fraction of sp³-hybridized carbons (Fsp3) is 0.625. The summed E-state index contributed by atoms with van der Waals surface area (Å²) in [5.74, 6) is 1.75. The van der Waals surface area contributed by atoms with Crippen LogP contribution < -0.4 is 9.47 Å². The molecular formula is C16H24O3. The van der Waals surface area contributed by atoms with E-state index < -0.39 is 0 Å². The number of hydrogen-bond acceptors (Lipinski definition) is 3. The number of ether oxygens (including phenoxy) is 2. The third-order valence-corrected chi connectivity index (χ3v) is 4.92. The van der Waals surface area contributed by atoms with E-state index in [1.807, 2.05) is 19.9 Å². The van der Waals surface area contributed by atoms with Gasteiger partial charge in [-0.05, 0) is 42.9 Å². The van der Waals surface area contributed by atoms with Gasteiger partial charge in [-0.3, -0.25) is 0 Å². The summed E-state index contributed by atoms with van der Waals surface area (Å²) in [7, 11) is 3.37. The van der Waals surface area contributed by atoms with Crippen molar-refractivity contribution in [3.63, 3.8) is 0 Å². The van der Waals surface area contributed by atoms with E-state index in [0.717, 1.165) is 34.6 Å². The minimum atomic E-state index is -0.204. The van der Waals surface area contributed by atoms with Crippen molar-refractivity contribution in [3.8, 4) is 11.5 Å². The standard InChI is InChI=1S/C16H24O3/c1-10-11(2)14(19-6)12(7-13(10)18-5)16(9-17)8-15(16,3)4/h7,17H,8-9H2,1-6H3. The van der Waals surface area contributed by atoms with Crippen LogP contribution in [0, 0.1) is 19.3 Å². The van der Waals surface area contributed by atoms with Gasteiger partial charge >= 0.3 is 0 Å². The maximum atomic E-state index is 9.89. The predicted octanol–water partition coefficient (Wildman–Crippen LogP) is 2.98. The molecule has 0 radical (unpaired) electrons. The van der Waals surface area contributed by atoms with E-state index in [2.05, 4.69) is 13.8 Å². The van der Waals surface area contributed by atoms with Crippen LogP contribution in [0.3, 0.4) is 0 Å². The number of rotatable bonds is 4. The van der Waals surface area contributed by atoms with Gasteiger partial charge in [-0.15, -0.1) is 0 Å². The minimum Gasteiger partial charge on any atom is -0.496 e. The lowest BCUT2D eigenvalue weighted by Gasteiger charge is -2.24. The van der Waals surface area contributed by atoms with Crippen LogP contribution in [0.25, 0.3) is 0 Å². The number of aliphatic hydroxyl groups excluding tert-OH is 1. The van der Waals surface area contributed by atoms with Crippen molar-refractivity contribution in [2.45, 2.75) is 39.5 Å². The van der Waals surface area contributed by atoms with E-state index in [1.165, 1.54) is 0 Å². The Labute approximate surface area is 115 Å². The van der Waals surface area contributed by atoms with Gasteiger partial charge in [0, 0.05) is 11.0 Å². The first-order chi connectivity index (χ1) is 8.84. The van der Waals surface area contributed by atoms with Gasteiger partial charge in [0.05, 0.1) is 20.8 Å². The Bertz CT molecular complexity index is 505. The van der Waals surface area contributed by atoms with Gasteiger partial charge in [0.2, 0.25) is 0 Å². The first-order valence-electron chi connectivity index (χ1n) is 6.68. The van der Waals surface area contributed by atoms with Crippen LogP contribution in [0.4, 0.5) is 0 Å². The molecule has 3 nitrogen and oxygen atoms in total. The molecule has 1 atom stereocenters. The van der Waals surface area contributed by atoms with E-state index in [4.69, 9.17) is 9.47 Å². The zero-order valence-electron chi connectivity index (χ0n) is 12.8. The lowest BCUT2D eigenvalue weighted by molar-refractivity contribution is 0.227. The molecule has 3 heteroatoms. The molecule has 1 saturated carbocycles. The fourth-order valence-electron chi connectivity index (χ4n) is 3.22.